The topological polar surface area (TPSA) is 94.1 Å². The molecule has 1 amide bonds. The average molecular weight is 540 g/mol. The largest absolute Gasteiger partial charge is 0.494 e. The minimum Gasteiger partial charge on any atom is -0.494 e. The summed E-state index contributed by atoms with van der Waals surface area (Å²) in [6, 6.07) is 9.05. The molecule has 0 saturated heterocycles. The van der Waals surface area contributed by atoms with E-state index in [-0.39, 0.29) is 24.2 Å². The van der Waals surface area contributed by atoms with E-state index >= 15 is 0 Å². The van der Waals surface area contributed by atoms with Crippen LogP contribution in [-0.4, -0.2) is 39.0 Å². The van der Waals surface area contributed by atoms with Gasteiger partial charge in [-0.2, -0.15) is 5.26 Å². The van der Waals surface area contributed by atoms with Gasteiger partial charge in [-0.3, -0.25) is 0 Å². The quantitative estimate of drug-likeness (QED) is 0.225. The molecule has 0 aliphatic heterocycles. The summed E-state index contributed by atoms with van der Waals surface area (Å²) in [5.41, 5.74) is 2.94. The van der Waals surface area contributed by atoms with Crippen LogP contribution in [0, 0.1) is 17.2 Å². The highest BCUT2D eigenvalue weighted by Gasteiger charge is 2.34. The van der Waals surface area contributed by atoms with Crippen molar-refractivity contribution in [1.29, 1.82) is 5.26 Å². The Morgan fingerprint density at radius 2 is 2.10 bits per heavy atom. The Labute approximate surface area is 235 Å². The summed E-state index contributed by atoms with van der Waals surface area (Å²) in [6.45, 7) is 5.26. The van der Waals surface area contributed by atoms with E-state index < -0.39 is 0 Å². The molecule has 1 N–H and O–H groups in total. The molecule has 8 heteroatoms. The Morgan fingerprint density at radius 3 is 2.75 bits per heavy atom. The maximum absolute atomic E-state index is 12.5. The summed E-state index contributed by atoms with van der Waals surface area (Å²) in [5, 5.41) is 14.3. The number of rotatable bonds is 11. The van der Waals surface area contributed by atoms with E-state index in [9.17, 15) is 10.1 Å². The summed E-state index contributed by atoms with van der Waals surface area (Å²) < 4.78 is 16.1. The smallest absolute Gasteiger partial charge is 0.408 e. The number of alkyl carbamates (subject to hydrolysis) is 1. The van der Waals surface area contributed by atoms with Gasteiger partial charge in [0.15, 0.2) is 0 Å². The Bertz CT molecular complexity index is 1420. The van der Waals surface area contributed by atoms with Gasteiger partial charge in [0, 0.05) is 42.0 Å². The van der Waals surface area contributed by atoms with Gasteiger partial charge in [-0.1, -0.05) is 24.8 Å². The molecule has 3 atom stereocenters. The van der Waals surface area contributed by atoms with Gasteiger partial charge in [0.05, 0.1) is 30.1 Å². The number of aromatic nitrogens is 3. The minimum absolute atomic E-state index is 0.0807. The van der Waals surface area contributed by atoms with Gasteiger partial charge in [0.25, 0.3) is 0 Å². The fourth-order valence-electron chi connectivity index (χ4n) is 6.02. The average Bonchev–Trinajstić information content (AvgIpc) is 3.56. The van der Waals surface area contributed by atoms with Crippen molar-refractivity contribution >= 4 is 17.0 Å². The number of ether oxygens (including phenoxy) is 2. The molecule has 3 aliphatic rings. The van der Waals surface area contributed by atoms with Gasteiger partial charge in [-0.05, 0) is 75.5 Å². The van der Waals surface area contributed by atoms with Crippen molar-refractivity contribution in [1.82, 2.24) is 19.4 Å². The molecule has 2 fully saturated rings. The molecule has 2 heterocycles. The predicted molar refractivity (Wildman–Crippen MR) is 153 cm³/mol. The maximum Gasteiger partial charge on any atom is 0.408 e. The lowest BCUT2D eigenvalue weighted by Crippen LogP contribution is -2.37. The number of hydrogen-bond donors (Lipinski definition) is 1. The molecule has 2 saturated carbocycles. The molecule has 0 bridgehead atoms. The van der Waals surface area contributed by atoms with E-state index in [2.05, 4.69) is 45.7 Å². The standard InChI is InChI=1S/C32H37N5O3/c1-2-30(22-7-8-22)40-32(38)35-24-11-9-23(10-12-24)31-28(20-33)27-19-26(39-18-4-16-36-17-15-34-21-36)13-14-29(27)37(31)25-5-3-6-25/h2,9,11,13-15,17,19,21-25,30H,1,3-8,10,12,16,18H2,(H,35,38)/t23?,24?,30-/m1/s1. The monoisotopic (exact) mass is 539 g/mol. The Hall–Kier alpha value is -3.99. The van der Waals surface area contributed by atoms with Crippen LogP contribution in [0.4, 0.5) is 4.79 Å². The molecular formula is C32H37N5O3. The molecule has 6 rings (SSSR count). The van der Waals surface area contributed by atoms with E-state index in [1.807, 2.05) is 29.2 Å². The van der Waals surface area contributed by atoms with Crippen molar-refractivity contribution in [2.45, 2.75) is 82.0 Å². The fourth-order valence-corrected chi connectivity index (χ4v) is 6.02. The highest BCUT2D eigenvalue weighted by molar-refractivity contribution is 5.90. The minimum atomic E-state index is -0.385. The summed E-state index contributed by atoms with van der Waals surface area (Å²) in [7, 11) is 0. The van der Waals surface area contributed by atoms with Crippen LogP contribution in [0.3, 0.4) is 0 Å². The number of nitriles is 1. The first-order valence-electron chi connectivity index (χ1n) is 14.6. The van der Waals surface area contributed by atoms with Crippen molar-refractivity contribution in [2.75, 3.05) is 6.61 Å². The lowest BCUT2D eigenvalue weighted by molar-refractivity contribution is 0.107. The number of hydrogen-bond acceptors (Lipinski definition) is 5. The predicted octanol–water partition coefficient (Wildman–Crippen LogP) is 6.40. The zero-order chi connectivity index (χ0) is 27.5. The molecular weight excluding hydrogens is 502 g/mol. The summed E-state index contributed by atoms with van der Waals surface area (Å²) in [5.74, 6) is 1.32. The first-order chi connectivity index (χ1) is 19.6. The third kappa shape index (κ3) is 5.51. The summed E-state index contributed by atoms with van der Waals surface area (Å²) in [4.78, 5) is 16.6. The number of amides is 1. The molecule has 0 spiro atoms. The number of aryl methyl sites for hydroxylation is 1. The number of allylic oxidation sites excluding steroid dienone is 1. The number of nitrogens with one attached hydrogen (secondary N) is 1. The first kappa shape index (κ1) is 26.2. The molecule has 0 radical (unpaired) electrons. The van der Waals surface area contributed by atoms with E-state index in [0.717, 1.165) is 79.4 Å². The van der Waals surface area contributed by atoms with Crippen LogP contribution in [0.1, 0.15) is 74.6 Å². The van der Waals surface area contributed by atoms with Crippen molar-refractivity contribution < 1.29 is 14.3 Å². The Kier molecular flexibility index (Phi) is 7.63. The van der Waals surface area contributed by atoms with Crippen LogP contribution in [0.2, 0.25) is 0 Å². The molecule has 8 nitrogen and oxygen atoms in total. The van der Waals surface area contributed by atoms with Gasteiger partial charge in [0.2, 0.25) is 0 Å². The van der Waals surface area contributed by atoms with Crippen molar-refractivity contribution in [3.63, 3.8) is 0 Å². The molecule has 2 unspecified atom stereocenters. The highest BCUT2D eigenvalue weighted by atomic mass is 16.6. The van der Waals surface area contributed by atoms with Crippen LogP contribution < -0.4 is 10.1 Å². The van der Waals surface area contributed by atoms with Gasteiger partial charge < -0.3 is 23.9 Å². The molecule has 208 valence electrons. The zero-order valence-electron chi connectivity index (χ0n) is 22.9. The third-order valence-electron chi connectivity index (χ3n) is 8.53. The molecule has 2 aromatic heterocycles. The van der Waals surface area contributed by atoms with E-state index in [1.54, 1.807) is 12.3 Å². The fraction of sp³-hybridized carbons (Fsp3) is 0.469. The number of carbonyl (C=O) groups excluding carboxylic acids is 1. The van der Waals surface area contributed by atoms with Crippen LogP contribution in [-0.2, 0) is 11.3 Å². The van der Waals surface area contributed by atoms with Crippen molar-refractivity contribution in [3.05, 3.63) is 73.0 Å². The molecule has 3 aliphatic carbocycles. The molecule has 1 aromatic carbocycles. The van der Waals surface area contributed by atoms with Crippen LogP contribution in [0.5, 0.6) is 5.75 Å². The van der Waals surface area contributed by atoms with Gasteiger partial charge >= 0.3 is 6.09 Å². The number of fused-ring (bicyclic) bond motifs is 1. The lowest BCUT2D eigenvalue weighted by atomic mass is 9.87. The van der Waals surface area contributed by atoms with Crippen molar-refractivity contribution in [2.24, 2.45) is 5.92 Å². The normalized spacial score (nSPS) is 21.4. The molecule has 40 heavy (non-hydrogen) atoms. The molecule has 3 aromatic rings. The highest BCUT2D eigenvalue weighted by Crippen LogP contribution is 2.44. The zero-order valence-corrected chi connectivity index (χ0v) is 22.9. The Morgan fingerprint density at radius 1 is 1.23 bits per heavy atom. The third-order valence-corrected chi connectivity index (χ3v) is 8.53. The van der Waals surface area contributed by atoms with E-state index in [1.165, 1.54) is 6.42 Å². The lowest BCUT2D eigenvalue weighted by Gasteiger charge is -2.33. The van der Waals surface area contributed by atoms with E-state index in [4.69, 9.17) is 9.47 Å². The second-order valence-corrected chi connectivity index (χ2v) is 11.3. The van der Waals surface area contributed by atoms with E-state index in [0.29, 0.717) is 18.6 Å². The first-order valence-corrected chi connectivity index (χ1v) is 14.6. The second kappa shape index (κ2) is 11.6. The maximum atomic E-state index is 12.5. The SMILES string of the molecule is C=C[C@@H](OC(=O)NC1C=CC(c2c(C#N)c3cc(OCCCn4ccnc4)ccc3n2C2CCC2)CC1)C1CC1. The number of imidazole rings is 1. The van der Waals surface area contributed by atoms with Crippen LogP contribution in [0.15, 0.2) is 61.7 Å². The van der Waals surface area contributed by atoms with Gasteiger partial charge in [0.1, 0.15) is 17.9 Å². The van der Waals surface area contributed by atoms with Crippen molar-refractivity contribution in [3.8, 4) is 11.8 Å². The number of benzene rings is 1. The second-order valence-electron chi connectivity index (χ2n) is 11.3. The van der Waals surface area contributed by atoms with Crippen LogP contribution in [0.25, 0.3) is 10.9 Å². The number of carbonyl (C=O) groups is 1. The van der Waals surface area contributed by atoms with Gasteiger partial charge in [-0.25, -0.2) is 9.78 Å². The Balaban J connectivity index is 1.18. The van der Waals surface area contributed by atoms with Crippen LogP contribution >= 0.6 is 0 Å². The summed E-state index contributed by atoms with van der Waals surface area (Å²) >= 11 is 0. The summed E-state index contributed by atoms with van der Waals surface area (Å²) in [6.07, 6.45) is 19.1. The number of nitrogens with zero attached hydrogens (tertiary/aromatic N) is 4. The van der Waals surface area contributed by atoms with Gasteiger partial charge in [-0.15, -0.1) is 0 Å².